The van der Waals surface area contributed by atoms with Crippen LogP contribution in [0.1, 0.15) is 27.7 Å². The van der Waals surface area contributed by atoms with Gasteiger partial charge in [0.25, 0.3) is 0 Å². The number of ether oxygens (including phenoxy) is 2. The maximum atomic E-state index is 6.21. The first-order chi connectivity index (χ1) is 9.01. The molecule has 0 aromatic heterocycles. The highest BCUT2D eigenvalue weighted by atomic mass is 28.4. The van der Waals surface area contributed by atoms with Gasteiger partial charge in [-0.05, 0) is 17.1 Å². The minimum absolute atomic E-state index is 0.280. The Morgan fingerprint density at radius 2 is 1.68 bits per heavy atom. The lowest BCUT2D eigenvalue weighted by atomic mass is 10.5. The van der Waals surface area contributed by atoms with Crippen LogP contribution in [0.3, 0.4) is 0 Å². The molecule has 0 rings (SSSR count). The highest BCUT2D eigenvalue weighted by molar-refractivity contribution is 6.76. The first kappa shape index (κ1) is 18.4. The SMILES string of the molecule is C=CC[Si](OCC#CCOCOC)(C(C)C)C(C)C. The molecule has 19 heavy (non-hydrogen) atoms. The van der Waals surface area contributed by atoms with Crippen LogP contribution in [-0.4, -0.2) is 35.4 Å². The molecule has 0 saturated carbocycles. The van der Waals surface area contributed by atoms with Crippen LogP contribution >= 0.6 is 0 Å². The van der Waals surface area contributed by atoms with Crippen molar-refractivity contribution in [3.63, 3.8) is 0 Å². The van der Waals surface area contributed by atoms with Gasteiger partial charge in [0.2, 0.25) is 8.32 Å². The lowest BCUT2D eigenvalue weighted by Gasteiger charge is -2.37. The molecule has 0 bridgehead atoms. The summed E-state index contributed by atoms with van der Waals surface area (Å²) in [7, 11) is -0.217. The summed E-state index contributed by atoms with van der Waals surface area (Å²) in [4.78, 5) is 0. The highest BCUT2D eigenvalue weighted by Crippen LogP contribution is 2.36. The van der Waals surface area contributed by atoms with Gasteiger partial charge in [-0.25, -0.2) is 0 Å². The zero-order valence-corrected chi connectivity index (χ0v) is 14.0. The van der Waals surface area contributed by atoms with Crippen molar-refractivity contribution < 1.29 is 13.9 Å². The van der Waals surface area contributed by atoms with E-state index >= 15 is 0 Å². The molecule has 4 heteroatoms. The van der Waals surface area contributed by atoms with Crippen molar-refractivity contribution in [2.75, 3.05) is 27.1 Å². The highest BCUT2D eigenvalue weighted by Gasteiger charge is 2.40. The summed E-state index contributed by atoms with van der Waals surface area (Å²) in [6, 6.07) is 0.976. The molecule has 0 fully saturated rings. The van der Waals surface area contributed by atoms with E-state index in [1.54, 1.807) is 7.11 Å². The average Bonchev–Trinajstić information content (AvgIpc) is 2.35. The number of hydrogen-bond acceptors (Lipinski definition) is 3. The third-order valence-electron chi connectivity index (χ3n) is 3.33. The molecule has 110 valence electrons. The van der Waals surface area contributed by atoms with Gasteiger partial charge in [0.05, 0.1) is 6.61 Å². The van der Waals surface area contributed by atoms with E-state index in [1.165, 1.54) is 0 Å². The van der Waals surface area contributed by atoms with Crippen LogP contribution in [0, 0.1) is 11.8 Å². The van der Waals surface area contributed by atoms with Crippen LogP contribution < -0.4 is 0 Å². The van der Waals surface area contributed by atoms with Gasteiger partial charge in [0.15, 0.2) is 0 Å². The Bertz CT molecular complexity index is 294. The summed E-state index contributed by atoms with van der Waals surface area (Å²) < 4.78 is 16.1. The maximum Gasteiger partial charge on any atom is 0.202 e. The Morgan fingerprint density at radius 1 is 1.11 bits per heavy atom. The molecule has 0 aromatic rings. The van der Waals surface area contributed by atoms with Crippen molar-refractivity contribution in [1.82, 2.24) is 0 Å². The van der Waals surface area contributed by atoms with E-state index in [0.717, 1.165) is 6.04 Å². The van der Waals surface area contributed by atoms with Gasteiger partial charge < -0.3 is 13.9 Å². The molecule has 0 unspecified atom stereocenters. The zero-order chi connectivity index (χ0) is 14.7. The van der Waals surface area contributed by atoms with Crippen LogP contribution in [-0.2, 0) is 13.9 Å². The second-order valence-electron chi connectivity index (χ2n) is 5.15. The lowest BCUT2D eigenvalue weighted by Crippen LogP contribution is -2.44. The van der Waals surface area contributed by atoms with Crippen LogP contribution in [0.5, 0.6) is 0 Å². The number of hydrogen-bond donors (Lipinski definition) is 0. The Kier molecular flexibility index (Phi) is 9.89. The molecule has 0 aliphatic heterocycles. The Hall–Kier alpha value is -0.603. The first-order valence-corrected chi connectivity index (χ1v) is 9.05. The van der Waals surface area contributed by atoms with Crippen LogP contribution in [0.4, 0.5) is 0 Å². The van der Waals surface area contributed by atoms with Crippen LogP contribution in [0.15, 0.2) is 12.7 Å². The van der Waals surface area contributed by atoms with Crippen molar-refractivity contribution in [2.24, 2.45) is 0 Å². The molecule has 0 N–H and O–H groups in total. The molecule has 0 aliphatic carbocycles. The second kappa shape index (κ2) is 10.2. The summed E-state index contributed by atoms with van der Waals surface area (Å²) in [5.74, 6) is 5.95. The van der Waals surface area contributed by atoms with Crippen molar-refractivity contribution in [3.8, 4) is 11.8 Å². The smallest absolute Gasteiger partial charge is 0.202 e. The molecule has 0 amide bonds. The van der Waals surface area contributed by atoms with Gasteiger partial charge >= 0.3 is 0 Å². The van der Waals surface area contributed by atoms with Crippen molar-refractivity contribution >= 4 is 8.32 Å². The van der Waals surface area contributed by atoms with Gasteiger partial charge in [-0.2, -0.15) is 0 Å². The zero-order valence-electron chi connectivity index (χ0n) is 13.0. The molecular formula is C15H28O3Si. The van der Waals surface area contributed by atoms with E-state index < -0.39 is 8.32 Å². The predicted molar refractivity (Wildman–Crippen MR) is 82.5 cm³/mol. The molecule has 0 heterocycles. The average molecular weight is 284 g/mol. The van der Waals surface area contributed by atoms with Crippen LogP contribution in [0.2, 0.25) is 17.1 Å². The molecular weight excluding hydrogens is 256 g/mol. The van der Waals surface area contributed by atoms with Crippen molar-refractivity contribution in [1.29, 1.82) is 0 Å². The normalized spacial score (nSPS) is 11.5. The largest absolute Gasteiger partial charge is 0.405 e. The predicted octanol–water partition coefficient (Wildman–Crippen LogP) is 3.58. The number of rotatable bonds is 9. The number of methoxy groups -OCH3 is 1. The summed E-state index contributed by atoms with van der Waals surface area (Å²) >= 11 is 0. The maximum absolute atomic E-state index is 6.21. The van der Waals surface area contributed by atoms with Gasteiger partial charge in [-0.3, -0.25) is 0 Å². The molecule has 0 saturated heterocycles. The summed E-state index contributed by atoms with van der Waals surface area (Å²) in [5.41, 5.74) is 1.11. The van der Waals surface area contributed by atoms with Crippen LogP contribution in [0.25, 0.3) is 0 Å². The molecule has 0 aromatic carbocycles. The summed E-state index contributed by atoms with van der Waals surface area (Å²) in [6.45, 7) is 14.0. The first-order valence-electron chi connectivity index (χ1n) is 6.78. The fourth-order valence-electron chi connectivity index (χ4n) is 2.20. The van der Waals surface area contributed by atoms with E-state index in [2.05, 4.69) is 46.1 Å². The third-order valence-corrected chi connectivity index (χ3v) is 8.85. The summed E-state index contributed by atoms with van der Waals surface area (Å²) in [6.07, 6.45) is 1.99. The second-order valence-corrected chi connectivity index (χ2v) is 10.1. The third kappa shape index (κ3) is 6.39. The topological polar surface area (TPSA) is 27.7 Å². The van der Waals surface area contributed by atoms with Gasteiger partial charge in [-0.1, -0.05) is 45.6 Å². The fourth-order valence-corrected chi connectivity index (χ4v) is 6.06. The van der Waals surface area contributed by atoms with Gasteiger partial charge in [0, 0.05) is 7.11 Å². The minimum atomic E-state index is -1.81. The molecule has 0 atom stereocenters. The van der Waals surface area contributed by atoms with E-state index in [4.69, 9.17) is 13.9 Å². The van der Waals surface area contributed by atoms with E-state index in [1.807, 2.05) is 6.08 Å². The summed E-state index contributed by atoms with van der Waals surface area (Å²) in [5, 5.41) is 0. The molecule has 0 aliphatic rings. The quantitative estimate of drug-likeness (QED) is 0.213. The fraction of sp³-hybridized carbons (Fsp3) is 0.733. The molecule has 0 spiro atoms. The molecule has 3 nitrogen and oxygen atoms in total. The molecule has 0 radical (unpaired) electrons. The Balaban J connectivity index is 4.38. The Morgan fingerprint density at radius 3 is 2.16 bits per heavy atom. The lowest BCUT2D eigenvalue weighted by molar-refractivity contribution is -0.0166. The van der Waals surface area contributed by atoms with E-state index in [9.17, 15) is 0 Å². The van der Waals surface area contributed by atoms with Crippen molar-refractivity contribution in [2.45, 2.75) is 44.8 Å². The number of allylic oxidation sites excluding steroid dienone is 1. The Labute approximate surface area is 119 Å². The van der Waals surface area contributed by atoms with Gasteiger partial charge in [0.1, 0.15) is 13.4 Å². The minimum Gasteiger partial charge on any atom is -0.405 e. The van der Waals surface area contributed by atoms with E-state index in [-0.39, 0.29) is 6.79 Å². The van der Waals surface area contributed by atoms with Crippen molar-refractivity contribution in [3.05, 3.63) is 12.7 Å². The van der Waals surface area contributed by atoms with E-state index in [0.29, 0.717) is 24.3 Å². The van der Waals surface area contributed by atoms with Gasteiger partial charge in [-0.15, -0.1) is 6.58 Å². The standard InChI is InChI=1S/C15H28O3Si/c1-7-12-19(14(2)3,15(4)5)18-11-9-8-10-17-13-16-6/h7,14-15H,1,10-13H2,2-6H3. The monoisotopic (exact) mass is 284 g/mol.